The molecule has 0 heterocycles. The Bertz CT molecular complexity index is 1120. The summed E-state index contributed by atoms with van der Waals surface area (Å²) in [5.41, 5.74) is 5.05. The molecule has 0 aromatic heterocycles. The molecule has 0 amide bonds. The van der Waals surface area contributed by atoms with E-state index < -0.39 is 19.7 Å². The van der Waals surface area contributed by atoms with Crippen LogP contribution < -0.4 is 7.16 Å². The number of hydrogen-bond donors (Lipinski definition) is 0. The quantitative estimate of drug-likeness (QED) is 0.370. The Morgan fingerprint density at radius 1 is 0.643 bits per heavy atom. The maximum atomic E-state index is 14.2. The van der Waals surface area contributed by atoms with Gasteiger partial charge < -0.3 is 0 Å². The fourth-order valence-electron chi connectivity index (χ4n) is 4.52. The Morgan fingerprint density at radius 3 is 1.36 bits per heavy atom. The third-order valence-electron chi connectivity index (χ3n) is 5.87. The molecule has 0 unspecified atom stereocenters. The fraction of sp³-hybridized carbons (Fsp3) is 0.231. The zero-order valence-corrected chi connectivity index (χ0v) is 20.0. The van der Waals surface area contributed by atoms with Gasteiger partial charge in [0.25, 0.3) is 0 Å². The first-order chi connectivity index (χ1) is 13.6. The average molecular weight is 473 g/mol. The molecular weight excluding hydrogens is 447 g/mol. The summed E-state index contributed by atoms with van der Waals surface area (Å²) >= 11 is -3.32. The summed E-state index contributed by atoms with van der Waals surface area (Å²) in [5.74, 6) is 0. The van der Waals surface area contributed by atoms with E-state index in [1.165, 1.54) is 43.8 Å². The van der Waals surface area contributed by atoms with Gasteiger partial charge in [-0.05, 0) is 0 Å². The van der Waals surface area contributed by atoms with Gasteiger partial charge in [0.15, 0.2) is 0 Å². The van der Waals surface area contributed by atoms with Crippen molar-refractivity contribution in [1.29, 1.82) is 0 Å². The third-order valence-corrected chi connectivity index (χ3v) is 12.3. The molecule has 0 N–H and O–H groups in total. The molecule has 0 saturated carbocycles. The molecule has 4 rings (SSSR count). The van der Waals surface area contributed by atoms with Crippen LogP contribution in [0.4, 0.5) is 0 Å². The van der Waals surface area contributed by atoms with E-state index in [0.29, 0.717) is 0 Å². The van der Waals surface area contributed by atoms with E-state index in [0.717, 1.165) is 20.0 Å². The predicted molar refractivity (Wildman–Crippen MR) is 122 cm³/mol. The van der Waals surface area contributed by atoms with Crippen molar-refractivity contribution in [2.24, 2.45) is 0 Å². The first-order valence-corrected chi connectivity index (χ1v) is 14.2. The predicted octanol–water partition coefficient (Wildman–Crippen LogP) is 5.27. The second-order valence-corrected chi connectivity index (χ2v) is 12.3. The van der Waals surface area contributed by atoms with Crippen molar-refractivity contribution < 1.29 is 3.08 Å². The first kappa shape index (κ1) is 19.3. The van der Waals surface area contributed by atoms with Crippen LogP contribution in [0.15, 0.2) is 60.7 Å². The van der Waals surface area contributed by atoms with Crippen molar-refractivity contribution in [3.63, 3.8) is 0 Å². The normalized spacial score (nSPS) is 11.3. The van der Waals surface area contributed by atoms with Crippen molar-refractivity contribution in [3.8, 4) is 0 Å². The molecule has 0 bridgehead atoms. The Kier molecular flexibility index (Phi) is 5.37. The number of aryl methyl sites for hydroxylation is 4. The summed E-state index contributed by atoms with van der Waals surface area (Å²) in [6, 6.07) is 21.5. The topological polar surface area (TPSA) is 17.1 Å². The van der Waals surface area contributed by atoms with Crippen molar-refractivity contribution >= 4 is 48.4 Å². The molecule has 1 nitrogen and oxygen atoms in total. The Labute approximate surface area is 174 Å². The van der Waals surface area contributed by atoms with Crippen molar-refractivity contribution in [1.82, 2.24) is 0 Å². The molecule has 0 aliphatic rings. The summed E-state index contributed by atoms with van der Waals surface area (Å²) in [4.78, 5) is 0. The summed E-state index contributed by atoms with van der Waals surface area (Å²) in [6.07, 6.45) is 1.98. The molecule has 0 fully saturated rings. The molecule has 28 heavy (non-hydrogen) atoms. The third kappa shape index (κ3) is 3.10. The van der Waals surface area contributed by atoms with Gasteiger partial charge in [-0.3, -0.25) is 0 Å². The van der Waals surface area contributed by atoms with Gasteiger partial charge >= 0.3 is 175 Å². The van der Waals surface area contributed by atoms with Crippen LogP contribution in [0.1, 0.15) is 36.1 Å². The van der Waals surface area contributed by atoms with Crippen LogP contribution in [0.3, 0.4) is 0 Å². The summed E-state index contributed by atoms with van der Waals surface area (Å²) in [5, 5.41) is 4.89. The molecule has 0 radical (unpaired) electrons. The summed E-state index contributed by atoms with van der Waals surface area (Å²) in [6.45, 7) is 8.66. The van der Waals surface area contributed by atoms with E-state index in [1.54, 1.807) is 0 Å². The minimum absolute atomic E-state index is 0.992. The Hall–Kier alpha value is -2.00. The molecule has 140 valence electrons. The zero-order valence-electron chi connectivity index (χ0n) is 17.1. The summed E-state index contributed by atoms with van der Waals surface area (Å²) < 4.78 is 16.4. The first-order valence-electron chi connectivity index (χ1n) is 10.1. The summed E-state index contributed by atoms with van der Waals surface area (Å²) in [7, 11) is 0. The monoisotopic (exact) mass is 474 g/mol. The van der Waals surface area contributed by atoms with Gasteiger partial charge in [0.1, 0.15) is 0 Å². The number of fused-ring (bicyclic) bond motifs is 2. The molecule has 0 saturated heterocycles. The van der Waals surface area contributed by atoms with Crippen molar-refractivity contribution in [2.75, 3.05) is 0 Å². The van der Waals surface area contributed by atoms with E-state index in [1.807, 2.05) is 0 Å². The van der Waals surface area contributed by atoms with Gasteiger partial charge in [-0.25, -0.2) is 0 Å². The zero-order chi connectivity index (χ0) is 19.8. The van der Waals surface area contributed by atoms with Crippen LogP contribution in [0.25, 0.3) is 21.5 Å². The number of rotatable bonds is 4. The van der Waals surface area contributed by atoms with Crippen LogP contribution in [-0.4, -0.2) is 19.7 Å². The van der Waals surface area contributed by atoms with Gasteiger partial charge in [-0.2, -0.15) is 0 Å². The van der Waals surface area contributed by atoms with Gasteiger partial charge in [0.2, 0.25) is 0 Å². The Balaban J connectivity index is 2.05. The maximum absolute atomic E-state index is 14.2. The minimum atomic E-state index is -3.32. The van der Waals surface area contributed by atoms with E-state index >= 15 is 0 Å². The fourth-order valence-corrected chi connectivity index (χ4v) is 10.3. The second-order valence-electron chi connectivity index (χ2n) is 7.58. The van der Waals surface area contributed by atoms with Gasteiger partial charge in [0.05, 0.1) is 0 Å². The molecule has 0 atom stereocenters. The molecule has 0 spiro atoms. The molecule has 0 aliphatic carbocycles. The number of benzene rings is 4. The van der Waals surface area contributed by atoms with E-state index in [-0.39, 0.29) is 0 Å². The van der Waals surface area contributed by atoms with Crippen molar-refractivity contribution in [3.05, 3.63) is 82.9 Å². The van der Waals surface area contributed by atoms with Crippen LogP contribution in [0, 0.1) is 13.8 Å². The average Bonchev–Trinajstić information content (AvgIpc) is 2.72. The second kappa shape index (κ2) is 7.79. The van der Waals surface area contributed by atoms with Crippen LogP contribution in [0.5, 0.6) is 0 Å². The molecule has 4 aromatic carbocycles. The van der Waals surface area contributed by atoms with E-state index in [4.69, 9.17) is 0 Å². The van der Waals surface area contributed by atoms with Gasteiger partial charge in [-0.15, -0.1) is 0 Å². The van der Waals surface area contributed by atoms with E-state index in [2.05, 4.69) is 88.4 Å². The van der Waals surface area contributed by atoms with E-state index in [9.17, 15) is 3.08 Å². The molecule has 4 aromatic rings. The Morgan fingerprint density at radius 2 is 1.00 bits per heavy atom. The van der Waals surface area contributed by atoms with Gasteiger partial charge in [0, 0.05) is 0 Å². The van der Waals surface area contributed by atoms with Crippen LogP contribution >= 0.6 is 0 Å². The standard InChI is InChI=1S/2C13H13.O.Sn/c2*1-3-11-8-10(2)9-12-6-4-5-7-13(11)12;;/h2*4-8H,3H2,1-2H3;;. The number of hydrogen-bond acceptors (Lipinski definition) is 1. The molecular formula is C26H26OSn. The molecule has 0 aliphatic heterocycles. The molecule has 2 heteroatoms. The van der Waals surface area contributed by atoms with Crippen LogP contribution in [0.2, 0.25) is 0 Å². The van der Waals surface area contributed by atoms with Gasteiger partial charge in [-0.1, -0.05) is 0 Å². The van der Waals surface area contributed by atoms with Crippen LogP contribution in [-0.2, 0) is 15.9 Å². The van der Waals surface area contributed by atoms with Crippen molar-refractivity contribution in [2.45, 2.75) is 40.5 Å². The SMILES string of the molecule is CCc1cc(C)[c]([Sn](=[O])[c]2c(C)cc(CC)c3ccccc23)c2ccccc12.